The third-order valence-corrected chi connectivity index (χ3v) is 6.64. The summed E-state index contributed by atoms with van der Waals surface area (Å²) < 4.78 is 24.4. The Bertz CT molecular complexity index is 905. The van der Waals surface area contributed by atoms with Crippen LogP contribution in [0.25, 0.3) is 0 Å². The summed E-state index contributed by atoms with van der Waals surface area (Å²) in [7, 11) is 0. The predicted molar refractivity (Wildman–Crippen MR) is 101 cm³/mol. The van der Waals surface area contributed by atoms with Crippen molar-refractivity contribution in [1.82, 2.24) is 4.90 Å². The van der Waals surface area contributed by atoms with Gasteiger partial charge in [0.05, 0.1) is 5.25 Å². The molecule has 0 saturated carbocycles. The molecule has 5 nitrogen and oxygen atoms in total. The second-order valence-electron chi connectivity index (χ2n) is 6.87. The Labute approximate surface area is 160 Å². The highest BCUT2D eigenvalue weighted by atomic mass is 32.2. The van der Waals surface area contributed by atoms with Gasteiger partial charge in [-0.3, -0.25) is 4.99 Å². The highest BCUT2D eigenvalue weighted by Crippen LogP contribution is 2.55. The van der Waals surface area contributed by atoms with Crippen LogP contribution in [0.5, 0.6) is 11.5 Å². The number of nitrogens with zero attached hydrogens (tertiary/aromatic N) is 2. The van der Waals surface area contributed by atoms with E-state index < -0.39 is 5.72 Å². The van der Waals surface area contributed by atoms with Gasteiger partial charge in [0, 0.05) is 18.7 Å². The molecule has 0 aromatic heterocycles. The molecule has 7 heteroatoms. The Hall–Kier alpha value is -2.25. The standard InChI is InChI=1S/C20H19FN2O3S/c21-15-6-3-13(4-7-15)18-20(24,23-10-2-1-9-22-19(23)27-18)14-5-8-16-17(11-14)26-12-25-16/h3-8,11,18,24H,1-2,9-10,12H2. The zero-order valence-corrected chi connectivity index (χ0v) is 15.4. The van der Waals surface area contributed by atoms with Crippen molar-refractivity contribution < 1.29 is 19.0 Å². The van der Waals surface area contributed by atoms with Gasteiger partial charge in [-0.05, 0) is 42.7 Å². The molecule has 2 aromatic carbocycles. The zero-order valence-electron chi connectivity index (χ0n) is 14.6. The molecule has 3 heterocycles. The molecule has 2 atom stereocenters. The molecular formula is C20H19FN2O3S. The molecule has 5 rings (SSSR count). The summed E-state index contributed by atoms with van der Waals surface area (Å²) in [5, 5.41) is 12.5. The second-order valence-corrected chi connectivity index (χ2v) is 7.94. The maximum atomic E-state index is 13.5. The number of thioether (sulfide) groups is 1. The van der Waals surface area contributed by atoms with E-state index in [-0.39, 0.29) is 17.9 Å². The lowest BCUT2D eigenvalue weighted by atomic mass is 9.92. The van der Waals surface area contributed by atoms with E-state index in [0.29, 0.717) is 18.0 Å². The first-order valence-electron chi connectivity index (χ1n) is 9.03. The van der Waals surface area contributed by atoms with Crippen LogP contribution in [0.2, 0.25) is 0 Å². The van der Waals surface area contributed by atoms with Crippen molar-refractivity contribution >= 4 is 16.9 Å². The quantitative estimate of drug-likeness (QED) is 0.854. The molecule has 0 spiro atoms. The van der Waals surface area contributed by atoms with E-state index in [1.54, 1.807) is 12.1 Å². The smallest absolute Gasteiger partial charge is 0.231 e. The van der Waals surface area contributed by atoms with Gasteiger partial charge in [0.15, 0.2) is 22.4 Å². The van der Waals surface area contributed by atoms with E-state index in [1.165, 1.54) is 23.9 Å². The Morgan fingerprint density at radius 1 is 1.11 bits per heavy atom. The average molecular weight is 386 g/mol. The summed E-state index contributed by atoms with van der Waals surface area (Å²) in [4.78, 5) is 6.67. The van der Waals surface area contributed by atoms with E-state index in [0.717, 1.165) is 35.7 Å². The van der Waals surface area contributed by atoms with Crippen LogP contribution in [0.4, 0.5) is 4.39 Å². The number of hydrogen-bond donors (Lipinski definition) is 1. The van der Waals surface area contributed by atoms with Crippen molar-refractivity contribution in [2.45, 2.75) is 23.8 Å². The number of halogens is 1. The minimum Gasteiger partial charge on any atom is -0.454 e. The summed E-state index contributed by atoms with van der Waals surface area (Å²) in [5.74, 6) is 1.01. The highest BCUT2D eigenvalue weighted by molar-refractivity contribution is 8.14. The Morgan fingerprint density at radius 2 is 1.93 bits per heavy atom. The number of aliphatic hydroxyl groups is 1. The van der Waals surface area contributed by atoms with Crippen molar-refractivity contribution in [3.63, 3.8) is 0 Å². The van der Waals surface area contributed by atoms with E-state index in [1.807, 2.05) is 23.1 Å². The van der Waals surface area contributed by atoms with Gasteiger partial charge in [0.1, 0.15) is 5.82 Å². The first-order valence-corrected chi connectivity index (χ1v) is 9.91. The van der Waals surface area contributed by atoms with Crippen LogP contribution in [0.3, 0.4) is 0 Å². The van der Waals surface area contributed by atoms with Crippen molar-refractivity contribution in [1.29, 1.82) is 0 Å². The normalized spacial score (nSPS) is 26.5. The van der Waals surface area contributed by atoms with Gasteiger partial charge in [-0.25, -0.2) is 4.39 Å². The SMILES string of the molecule is OC1(c2ccc3c(c2)OCO3)C(c2ccc(F)cc2)SC2=NCCCCN21. The van der Waals surface area contributed by atoms with Crippen molar-refractivity contribution in [3.05, 3.63) is 59.4 Å². The molecule has 1 fully saturated rings. The number of aliphatic imine (C=N–C) groups is 1. The van der Waals surface area contributed by atoms with Crippen LogP contribution in [0, 0.1) is 5.82 Å². The van der Waals surface area contributed by atoms with Crippen LogP contribution in [-0.4, -0.2) is 35.1 Å². The van der Waals surface area contributed by atoms with Gasteiger partial charge >= 0.3 is 0 Å². The van der Waals surface area contributed by atoms with Gasteiger partial charge < -0.3 is 19.5 Å². The maximum absolute atomic E-state index is 13.5. The molecule has 0 bridgehead atoms. The molecular weight excluding hydrogens is 367 g/mol. The molecule has 3 aliphatic rings. The van der Waals surface area contributed by atoms with E-state index in [2.05, 4.69) is 4.99 Å². The van der Waals surface area contributed by atoms with Crippen LogP contribution >= 0.6 is 11.8 Å². The molecule has 140 valence electrons. The average Bonchev–Trinajstić information content (AvgIpc) is 3.17. The van der Waals surface area contributed by atoms with E-state index in [4.69, 9.17) is 9.47 Å². The van der Waals surface area contributed by atoms with Gasteiger partial charge in [0.2, 0.25) is 6.79 Å². The van der Waals surface area contributed by atoms with Crippen LogP contribution in [0.1, 0.15) is 29.2 Å². The number of amidine groups is 1. The first kappa shape index (κ1) is 16.9. The maximum Gasteiger partial charge on any atom is 0.231 e. The Balaban J connectivity index is 1.65. The summed E-state index contributed by atoms with van der Waals surface area (Å²) >= 11 is 1.53. The lowest BCUT2D eigenvalue weighted by molar-refractivity contribution is -0.0713. The predicted octanol–water partition coefficient (Wildman–Crippen LogP) is 3.64. The van der Waals surface area contributed by atoms with Crippen LogP contribution in [-0.2, 0) is 5.72 Å². The molecule has 2 unspecified atom stereocenters. The minimum atomic E-state index is -1.30. The molecule has 0 radical (unpaired) electrons. The lowest BCUT2D eigenvalue weighted by Crippen LogP contribution is -2.46. The number of hydrogen-bond acceptors (Lipinski definition) is 6. The third-order valence-electron chi connectivity index (χ3n) is 5.24. The number of benzene rings is 2. The fourth-order valence-corrected chi connectivity index (χ4v) is 5.31. The lowest BCUT2D eigenvalue weighted by Gasteiger charge is -2.38. The van der Waals surface area contributed by atoms with E-state index in [9.17, 15) is 9.50 Å². The van der Waals surface area contributed by atoms with Gasteiger partial charge in [-0.1, -0.05) is 30.0 Å². The first-order chi connectivity index (χ1) is 13.2. The number of ether oxygens (including phenoxy) is 2. The van der Waals surface area contributed by atoms with E-state index >= 15 is 0 Å². The number of rotatable bonds is 2. The molecule has 1 N–H and O–H groups in total. The van der Waals surface area contributed by atoms with Crippen LogP contribution in [0.15, 0.2) is 47.5 Å². The van der Waals surface area contributed by atoms with Crippen LogP contribution < -0.4 is 9.47 Å². The van der Waals surface area contributed by atoms with Gasteiger partial charge in [-0.15, -0.1) is 0 Å². The van der Waals surface area contributed by atoms with Crippen molar-refractivity contribution in [2.75, 3.05) is 19.9 Å². The Kier molecular flexibility index (Phi) is 4.02. The fourth-order valence-electron chi connectivity index (χ4n) is 3.85. The topological polar surface area (TPSA) is 54.3 Å². The molecule has 3 aliphatic heterocycles. The summed E-state index contributed by atoms with van der Waals surface area (Å²) in [6.45, 7) is 1.66. The largest absolute Gasteiger partial charge is 0.454 e. The molecule has 1 saturated heterocycles. The third kappa shape index (κ3) is 2.68. The van der Waals surface area contributed by atoms with Gasteiger partial charge in [0.25, 0.3) is 0 Å². The Morgan fingerprint density at radius 3 is 2.78 bits per heavy atom. The van der Waals surface area contributed by atoms with Crippen molar-refractivity contribution in [3.8, 4) is 11.5 Å². The number of fused-ring (bicyclic) bond motifs is 2. The molecule has 27 heavy (non-hydrogen) atoms. The summed E-state index contributed by atoms with van der Waals surface area (Å²) in [6.07, 6.45) is 1.95. The second kappa shape index (κ2) is 6.42. The monoisotopic (exact) mass is 386 g/mol. The fraction of sp³-hybridized carbons (Fsp3) is 0.350. The minimum absolute atomic E-state index is 0.184. The summed E-state index contributed by atoms with van der Waals surface area (Å²) in [5.41, 5.74) is 0.283. The molecule has 2 aromatic rings. The van der Waals surface area contributed by atoms with Crippen molar-refractivity contribution in [2.24, 2.45) is 4.99 Å². The summed E-state index contributed by atoms with van der Waals surface area (Å²) in [6, 6.07) is 11.9. The molecule has 0 aliphatic carbocycles. The molecule has 0 amide bonds. The zero-order chi connectivity index (χ0) is 18.4. The highest BCUT2D eigenvalue weighted by Gasteiger charge is 2.53. The van der Waals surface area contributed by atoms with Gasteiger partial charge in [-0.2, -0.15) is 0 Å².